The predicted octanol–water partition coefficient (Wildman–Crippen LogP) is 11.3. The Morgan fingerprint density at radius 1 is 0.504 bits per heavy atom. The Kier molecular flexibility index (Phi) is 29.7. The van der Waals surface area contributed by atoms with Gasteiger partial charge in [-0.2, -0.15) is 13.2 Å². The van der Waals surface area contributed by atoms with E-state index in [2.05, 4.69) is 84.7 Å². The van der Waals surface area contributed by atoms with Crippen LogP contribution in [-0.2, 0) is 73.1 Å². The lowest BCUT2D eigenvalue weighted by Gasteiger charge is -2.38. The molecule has 3 saturated heterocycles. The monoisotopic (exact) mass is 1730 g/mol. The Bertz CT molecular complexity index is 6090. The zero-order valence-corrected chi connectivity index (χ0v) is 70.3. The summed E-state index contributed by atoms with van der Waals surface area (Å²) in [6.07, 6.45) is 27.8. The summed E-state index contributed by atoms with van der Waals surface area (Å²) in [6.45, 7) is 30.1. The number of allylic oxidation sites excluding steroid dienone is 6. The molecule has 14 heterocycles. The van der Waals surface area contributed by atoms with Gasteiger partial charge in [0.05, 0.1) is 95.0 Å². The number of halogens is 5. The molecule has 0 radical (unpaired) electrons. The van der Waals surface area contributed by atoms with Crippen LogP contribution in [0.15, 0.2) is 218 Å². The van der Waals surface area contributed by atoms with Crippen molar-refractivity contribution in [1.82, 2.24) is 96.1 Å². The van der Waals surface area contributed by atoms with Gasteiger partial charge < -0.3 is 62.6 Å². The number of amides is 3. The highest BCUT2D eigenvalue weighted by Crippen LogP contribution is 2.32. The van der Waals surface area contributed by atoms with E-state index < -0.39 is 34.5 Å². The fourth-order valence-corrected chi connectivity index (χ4v) is 15.3. The van der Waals surface area contributed by atoms with Crippen LogP contribution in [0.3, 0.4) is 0 Å². The quantitative estimate of drug-likeness (QED) is 0.0431. The summed E-state index contributed by atoms with van der Waals surface area (Å²) in [5, 5.41) is 33.9. The smallest absolute Gasteiger partial charge is 0.444 e. The molecule has 3 amide bonds. The first-order chi connectivity index (χ1) is 58.7. The second kappa shape index (κ2) is 40.0. The van der Waals surface area contributed by atoms with Gasteiger partial charge in [-0.05, 0) is 114 Å². The van der Waals surface area contributed by atoms with Crippen LogP contribution in [0.5, 0.6) is 0 Å². The molecule has 648 valence electrons. The highest BCUT2D eigenvalue weighted by Gasteiger charge is 2.46. The predicted molar refractivity (Wildman–Crippen MR) is 465 cm³/mol. The number of carbonyl (C=O) groups is 3. The molecule has 11 aromatic heterocycles. The third-order valence-corrected chi connectivity index (χ3v) is 21.9. The van der Waals surface area contributed by atoms with Crippen molar-refractivity contribution in [2.24, 2.45) is 0 Å². The number of carbonyl (C=O) groups excluding carboxylic acids is 3. The lowest BCUT2D eigenvalue weighted by Crippen LogP contribution is -2.52. The number of ether oxygens (including phenoxy) is 1. The van der Waals surface area contributed by atoms with Crippen LogP contribution in [-0.4, -0.2) is 197 Å². The average Bonchev–Trinajstić information content (AvgIpc) is 1.67. The number of rotatable bonds is 19. The fourth-order valence-electron chi connectivity index (χ4n) is 14.8. The molecule has 0 saturated carbocycles. The molecular weight excluding hydrogens is 1630 g/mol. The number of hydrogen-bond donors (Lipinski definition) is 4. The number of aromatic nitrogens is 17. The van der Waals surface area contributed by atoms with E-state index in [0.717, 1.165) is 40.8 Å². The van der Waals surface area contributed by atoms with Gasteiger partial charge in [-0.15, -0.1) is 32.9 Å². The van der Waals surface area contributed by atoms with E-state index in [-0.39, 0.29) is 85.7 Å². The summed E-state index contributed by atoms with van der Waals surface area (Å²) in [5.41, 5.74) is 4.43. The SMILES string of the molecule is C=CCn1ccc2nc[nH]c(=O)c21.C=CCn1ccc2ncn(CC3(O)CCN(C(=O)C(F)(F)F)CC3)c(=O)c21.C=CCn1ccc2ncn(CC3(O)CCN(C(=O)C[C@@H](C)c4ccccc4)CC3)c(=O)c21.C=CCn1ccc2ncn(CC3(O)CCN(C(=O)OC(C)(C)C)CC3)c(=O)c21.C=CCn1ccc2ncnc(Cl)c21.Clc1ncnc2c1CC=C2. The van der Waals surface area contributed by atoms with E-state index in [1.807, 2.05) is 119 Å². The van der Waals surface area contributed by atoms with E-state index in [9.17, 15) is 62.1 Å². The lowest BCUT2D eigenvalue weighted by atomic mass is 9.90. The normalized spacial score (nSPS) is 15.3. The third kappa shape index (κ3) is 22.6. The highest BCUT2D eigenvalue weighted by atomic mass is 35.5. The molecule has 0 unspecified atom stereocenters. The van der Waals surface area contributed by atoms with Gasteiger partial charge in [-0.3, -0.25) is 42.5 Å². The Hall–Kier alpha value is -12.5. The second-order valence-electron chi connectivity index (χ2n) is 31.3. The lowest BCUT2D eigenvalue weighted by molar-refractivity contribution is -0.189. The maximum absolute atomic E-state index is 13.0. The van der Waals surface area contributed by atoms with Crippen LogP contribution in [0.4, 0.5) is 18.0 Å². The molecule has 0 spiro atoms. The van der Waals surface area contributed by atoms with Crippen LogP contribution in [0.25, 0.3) is 61.2 Å². The molecule has 3 fully saturated rings. The number of aliphatic hydroxyl groups is 3. The molecule has 3 aliphatic heterocycles. The van der Waals surface area contributed by atoms with Gasteiger partial charge in [-0.1, -0.05) is 96.9 Å². The van der Waals surface area contributed by atoms with Gasteiger partial charge >= 0.3 is 18.2 Å². The van der Waals surface area contributed by atoms with Crippen LogP contribution >= 0.6 is 23.2 Å². The van der Waals surface area contributed by atoms with Crippen LogP contribution in [0, 0.1) is 0 Å². The maximum Gasteiger partial charge on any atom is 0.471 e. The first kappa shape index (κ1) is 91.2. The number of piperidine rings is 3. The highest BCUT2D eigenvalue weighted by molar-refractivity contribution is 6.33. The van der Waals surface area contributed by atoms with Gasteiger partial charge in [0.25, 0.3) is 22.2 Å². The van der Waals surface area contributed by atoms with Crippen molar-refractivity contribution in [1.29, 1.82) is 0 Å². The van der Waals surface area contributed by atoms with Gasteiger partial charge in [0, 0.05) is 115 Å². The number of nitrogens with zero attached hydrogens (tertiary/aromatic N) is 19. The molecular formula is C87H99Cl2F3N20O11. The Labute approximate surface area is 715 Å². The van der Waals surface area contributed by atoms with E-state index in [1.165, 1.54) is 51.7 Å². The van der Waals surface area contributed by atoms with Gasteiger partial charge in [0.2, 0.25) is 5.91 Å². The average molecular weight is 1730 g/mol. The van der Waals surface area contributed by atoms with E-state index in [0.29, 0.717) is 144 Å². The minimum Gasteiger partial charge on any atom is -0.444 e. The van der Waals surface area contributed by atoms with Crippen LogP contribution in [0.2, 0.25) is 10.3 Å². The number of H-pyrrole nitrogens is 1. The molecule has 1 aromatic carbocycles. The molecule has 36 heteroatoms. The zero-order chi connectivity index (χ0) is 88.6. The topological polar surface area (TPSA) is 357 Å². The van der Waals surface area contributed by atoms with Crippen molar-refractivity contribution >= 4 is 102 Å². The maximum atomic E-state index is 13.0. The zero-order valence-electron chi connectivity index (χ0n) is 68.8. The van der Waals surface area contributed by atoms with Crippen molar-refractivity contribution in [2.45, 2.75) is 166 Å². The molecule has 4 N–H and O–H groups in total. The first-order valence-electron chi connectivity index (χ1n) is 39.8. The largest absolute Gasteiger partial charge is 0.471 e. The summed E-state index contributed by atoms with van der Waals surface area (Å²) in [4.78, 5) is 126. The Morgan fingerprint density at radius 3 is 1.30 bits per heavy atom. The fraction of sp³-hybridized carbons (Fsp3) is 0.368. The number of hydrogen-bond acceptors (Lipinski definition) is 19. The second-order valence-corrected chi connectivity index (χ2v) is 32.1. The minimum absolute atomic E-state index is 0.0625. The number of alkyl halides is 3. The molecule has 16 rings (SSSR count). The molecule has 123 heavy (non-hydrogen) atoms. The number of benzene rings is 1. The van der Waals surface area contributed by atoms with E-state index >= 15 is 0 Å². The van der Waals surface area contributed by atoms with E-state index in [1.54, 1.807) is 68.9 Å². The van der Waals surface area contributed by atoms with Gasteiger partial charge in [0.1, 0.15) is 51.0 Å². The number of aromatic amines is 1. The number of fused-ring (bicyclic) bond motifs is 6. The number of nitrogens with one attached hydrogen (secondary N) is 1. The van der Waals surface area contributed by atoms with Crippen molar-refractivity contribution in [3.63, 3.8) is 0 Å². The first-order valence-corrected chi connectivity index (χ1v) is 40.6. The Morgan fingerprint density at radius 2 is 0.886 bits per heavy atom. The minimum atomic E-state index is -4.93. The Balaban J connectivity index is 0.000000150. The van der Waals surface area contributed by atoms with Gasteiger partial charge in [0.15, 0.2) is 5.15 Å². The summed E-state index contributed by atoms with van der Waals surface area (Å²) in [5.74, 6) is -1.66. The van der Waals surface area contributed by atoms with Gasteiger partial charge in [-0.25, -0.2) is 44.7 Å². The molecule has 31 nitrogen and oxygen atoms in total. The molecule has 0 bridgehead atoms. The molecule has 1 atom stereocenters. The summed E-state index contributed by atoms with van der Waals surface area (Å²) in [7, 11) is 0. The molecule has 1 aliphatic carbocycles. The molecule has 4 aliphatic rings. The standard InChI is InChI=1S/C25H30N4O3.C20H28N4O4.C17H19F3N4O3.C9H8ClN3.C9H9N3O.C7H5ClN2/c1-3-12-28-13-9-21-23(28)24(31)29(18-26-21)17-25(32)10-14-27(15-11-25)22(30)16-19(2)20-7-5-4-6-8-20;1-5-9-22-10-6-15-16(22)17(25)24(14-21-15)13-20(27)7-11-23(12-8-20)18(26)28-19(2,3)4;1-2-6-22-7-3-12-13(22)14(25)24(11-21-12)10-16(27)4-8-23(9-5-16)15(26)17(18,19)20;1-2-4-13-5-3-7-8(13)9(10)12-6-11-7;1-2-4-12-5-3-7-8(12)9(13)11-6-10-7;8-7-5-2-1-3-6(5)9-4-10-7/h3-9,13,18-19,32H,1,10-12,14-17H2,2H3;5-6,10,14,27H,1,7-9,11-13H2,2-4H3;2-3,7,11,27H,1,4-6,8-10H2;2-3,5-6H,1,4H2;2-3,5-6H,1,4H2,(H,10,11,13);1,3-4H,2H2/t19-;;;;;/m1...../s1. The van der Waals surface area contributed by atoms with Crippen molar-refractivity contribution < 1.29 is 47.6 Å². The van der Waals surface area contributed by atoms with Crippen molar-refractivity contribution in [3.05, 3.63) is 268 Å². The molecule has 12 aromatic rings. The van der Waals surface area contributed by atoms with Crippen molar-refractivity contribution in [3.8, 4) is 0 Å². The van der Waals surface area contributed by atoms with Crippen LogP contribution in [0.1, 0.15) is 95.4 Å². The van der Waals surface area contributed by atoms with Crippen LogP contribution < -0.4 is 22.2 Å². The van der Waals surface area contributed by atoms with Crippen molar-refractivity contribution in [2.75, 3.05) is 39.3 Å². The summed E-state index contributed by atoms with van der Waals surface area (Å²) in [6, 6.07) is 19.0. The van der Waals surface area contributed by atoms with E-state index in [4.69, 9.17) is 27.9 Å². The summed E-state index contributed by atoms with van der Waals surface area (Å²) >= 11 is 11.7. The summed E-state index contributed by atoms with van der Waals surface area (Å²) < 4.78 is 56.2. The third-order valence-electron chi connectivity index (χ3n) is 21.3. The number of likely N-dealkylation sites (tertiary alicyclic amines) is 3.